The van der Waals surface area contributed by atoms with Gasteiger partial charge in [-0.15, -0.1) is 0 Å². The second-order valence-corrected chi connectivity index (χ2v) is 9.59. The molecule has 7 nitrogen and oxygen atoms in total. The number of hydrogen-bond acceptors (Lipinski definition) is 5. The van der Waals surface area contributed by atoms with Crippen LogP contribution in [0.15, 0.2) is 67.1 Å². The van der Waals surface area contributed by atoms with Crippen LogP contribution in [0, 0.1) is 0 Å². The first-order valence-electron chi connectivity index (χ1n) is 12.5. The SMILES string of the molecule is CC1CN(CC2CCCN2C(=O)/C=C/c2cn(-c3ccccc3)nc2-c2cccnc2)CC(C)O1. The van der Waals surface area contributed by atoms with Crippen molar-refractivity contribution in [3.05, 3.63) is 72.7 Å². The monoisotopic (exact) mass is 471 g/mol. The first kappa shape index (κ1) is 23.5. The Bertz CT molecular complexity index is 1150. The van der Waals surface area contributed by atoms with E-state index < -0.39 is 0 Å². The van der Waals surface area contributed by atoms with E-state index in [0.29, 0.717) is 0 Å². The second kappa shape index (κ2) is 10.5. The molecule has 0 aliphatic carbocycles. The molecule has 7 heteroatoms. The molecule has 0 bridgehead atoms. The molecule has 0 N–H and O–H groups in total. The number of hydrogen-bond donors (Lipinski definition) is 0. The Kier molecular flexibility index (Phi) is 7.06. The van der Waals surface area contributed by atoms with E-state index in [1.54, 1.807) is 18.5 Å². The fourth-order valence-electron chi connectivity index (χ4n) is 5.25. The van der Waals surface area contributed by atoms with E-state index >= 15 is 0 Å². The molecular formula is C28H33N5O2. The van der Waals surface area contributed by atoms with Gasteiger partial charge in [-0.3, -0.25) is 14.7 Å². The summed E-state index contributed by atoms with van der Waals surface area (Å²) in [6.45, 7) is 7.81. The maximum atomic E-state index is 13.3. The Morgan fingerprint density at radius 1 is 1.11 bits per heavy atom. The van der Waals surface area contributed by atoms with Crippen LogP contribution in [0.4, 0.5) is 0 Å². The molecule has 1 amide bonds. The predicted octanol–water partition coefficient (Wildman–Crippen LogP) is 4.05. The molecule has 182 valence electrons. The smallest absolute Gasteiger partial charge is 0.246 e. The summed E-state index contributed by atoms with van der Waals surface area (Å²) < 4.78 is 7.73. The average Bonchev–Trinajstić information content (AvgIpc) is 3.50. The number of ether oxygens (including phenoxy) is 1. The lowest BCUT2D eigenvalue weighted by atomic mass is 10.1. The molecule has 2 aliphatic heterocycles. The van der Waals surface area contributed by atoms with E-state index in [9.17, 15) is 4.79 Å². The van der Waals surface area contributed by atoms with Crippen molar-refractivity contribution in [3.63, 3.8) is 0 Å². The Hall–Kier alpha value is -3.29. The molecule has 2 fully saturated rings. The zero-order valence-corrected chi connectivity index (χ0v) is 20.5. The number of amides is 1. The van der Waals surface area contributed by atoms with Gasteiger partial charge >= 0.3 is 0 Å². The number of morpholine rings is 1. The van der Waals surface area contributed by atoms with Crippen LogP contribution in [0.1, 0.15) is 32.3 Å². The summed E-state index contributed by atoms with van der Waals surface area (Å²) in [5, 5.41) is 4.81. The molecular weight excluding hydrogens is 438 g/mol. The van der Waals surface area contributed by atoms with E-state index in [2.05, 4.69) is 23.7 Å². The fraction of sp³-hybridized carbons (Fsp3) is 0.393. The minimum absolute atomic E-state index is 0.0615. The van der Waals surface area contributed by atoms with Crippen LogP contribution in [0.25, 0.3) is 23.0 Å². The highest BCUT2D eigenvalue weighted by Gasteiger charge is 2.31. The van der Waals surface area contributed by atoms with Gasteiger partial charge in [-0.2, -0.15) is 5.10 Å². The lowest BCUT2D eigenvalue weighted by Gasteiger charge is -2.38. The van der Waals surface area contributed by atoms with Crippen LogP contribution in [0.2, 0.25) is 0 Å². The molecule has 2 aromatic heterocycles. The van der Waals surface area contributed by atoms with Crippen LogP contribution in [-0.2, 0) is 9.53 Å². The highest BCUT2D eigenvalue weighted by atomic mass is 16.5. The average molecular weight is 472 g/mol. The van der Waals surface area contributed by atoms with Gasteiger partial charge in [-0.05, 0) is 57.0 Å². The van der Waals surface area contributed by atoms with Crippen LogP contribution in [0.5, 0.6) is 0 Å². The molecule has 3 unspecified atom stereocenters. The lowest BCUT2D eigenvalue weighted by molar-refractivity contribution is -0.127. The number of pyridine rings is 1. The number of nitrogens with zero attached hydrogens (tertiary/aromatic N) is 5. The summed E-state index contributed by atoms with van der Waals surface area (Å²) in [7, 11) is 0. The van der Waals surface area contributed by atoms with E-state index in [1.165, 1.54) is 0 Å². The number of carbonyl (C=O) groups is 1. The van der Waals surface area contributed by atoms with Crippen molar-refractivity contribution in [2.24, 2.45) is 0 Å². The summed E-state index contributed by atoms with van der Waals surface area (Å²) in [5.41, 5.74) is 3.59. The molecule has 4 heterocycles. The van der Waals surface area contributed by atoms with Gasteiger partial charge in [0.15, 0.2) is 0 Å². The van der Waals surface area contributed by atoms with Crippen molar-refractivity contribution in [1.82, 2.24) is 24.6 Å². The Balaban J connectivity index is 1.35. The first-order chi connectivity index (χ1) is 17.1. The summed E-state index contributed by atoms with van der Waals surface area (Å²) in [6.07, 6.45) is 11.7. The Morgan fingerprint density at radius 3 is 2.66 bits per heavy atom. The van der Waals surface area contributed by atoms with E-state index in [1.807, 2.05) is 64.3 Å². The number of benzene rings is 1. The molecule has 2 aliphatic rings. The molecule has 3 atom stereocenters. The Morgan fingerprint density at radius 2 is 1.91 bits per heavy atom. The highest BCUT2D eigenvalue weighted by molar-refractivity contribution is 5.93. The van der Waals surface area contributed by atoms with Crippen LogP contribution in [-0.4, -0.2) is 74.9 Å². The zero-order valence-electron chi connectivity index (χ0n) is 20.5. The highest BCUT2D eigenvalue weighted by Crippen LogP contribution is 2.25. The summed E-state index contributed by atoms with van der Waals surface area (Å²) in [5.74, 6) is 0.0615. The normalized spacial score (nSPS) is 23.3. The molecule has 1 aromatic carbocycles. The number of carbonyl (C=O) groups excluding carboxylic acids is 1. The van der Waals surface area contributed by atoms with Crippen molar-refractivity contribution >= 4 is 12.0 Å². The molecule has 35 heavy (non-hydrogen) atoms. The first-order valence-corrected chi connectivity index (χ1v) is 12.5. The molecule has 5 rings (SSSR count). The molecule has 0 saturated carbocycles. The van der Waals surface area contributed by atoms with Crippen molar-refractivity contribution in [2.45, 2.75) is 44.9 Å². The standard InChI is InChI=1S/C28H33N5O2/c1-21-17-31(18-22(2)35-21)20-26-11-7-15-32(26)27(34)13-12-24-19-33(25-9-4-3-5-10-25)30-28(24)23-8-6-14-29-16-23/h3-6,8-10,12-14,16,19,21-22,26H,7,11,15,17-18,20H2,1-2H3/b13-12+. The van der Waals surface area contributed by atoms with Gasteiger partial charge in [0, 0.05) is 68.0 Å². The number of aromatic nitrogens is 3. The summed E-state index contributed by atoms with van der Waals surface area (Å²) >= 11 is 0. The van der Waals surface area contributed by atoms with Crippen LogP contribution < -0.4 is 0 Å². The van der Waals surface area contributed by atoms with Crippen LogP contribution in [0.3, 0.4) is 0 Å². The fourth-order valence-corrected chi connectivity index (χ4v) is 5.25. The van der Waals surface area contributed by atoms with Gasteiger partial charge in [-0.25, -0.2) is 4.68 Å². The largest absolute Gasteiger partial charge is 0.373 e. The van der Waals surface area contributed by atoms with E-state index in [-0.39, 0.29) is 24.2 Å². The maximum absolute atomic E-state index is 13.3. The van der Waals surface area contributed by atoms with Gasteiger partial charge < -0.3 is 9.64 Å². The topological polar surface area (TPSA) is 63.5 Å². The van der Waals surface area contributed by atoms with Gasteiger partial charge in [0.1, 0.15) is 5.69 Å². The number of likely N-dealkylation sites (tertiary alicyclic amines) is 1. The van der Waals surface area contributed by atoms with E-state index in [4.69, 9.17) is 9.84 Å². The lowest BCUT2D eigenvalue weighted by Crippen LogP contribution is -2.50. The van der Waals surface area contributed by atoms with Crippen molar-refractivity contribution < 1.29 is 9.53 Å². The third-order valence-corrected chi connectivity index (χ3v) is 6.73. The van der Waals surface area contributed by atoms with Crippen LogP contribution >= 0.6 is 0 Å². The molecule has 0 radical (unpaired) electrons. The van der Waals surface area contributed by atoms with E-state index in [0.717, 1.165) is 61.5 Å². The Labute approximate surface area is 207 Å². The van der Waals surface area contributed by atoms with Gasteiger partial charge in [-0.1, -0.05) is 18.2 Å². The summed E-state index contributed by atoms with van der Waals surface area (Å²) in [6, 6.07) is 14.1. The quantitative estimate of drug-likeness (QED) is 0.508. The predicted molar refractivity (Wildman–Crippen MR) is 137 cm³/mol. The second-order valence-electron chi connectivity index (χ2n) is 9.59. The molecule has 3 aromatic rings. The molecule has 2 saturated heterocycles. The minimum atomic E-state index is 0.0615. The van der Waals surface area contributed by atoms with Crippen molar-refractivity contribution in [2.75, 3.05) is 26.2 Å². The number of para-hydroxylation sites is 1. The minimum Gasteiger partial charge on any atom is -0.373 e. The zero-order chi connectivity index (χ0) is 24.2. The van der Waals surface area contributed by atoms with Gasteiger partial charge in [0.2, 0.25) is 5.91 Å². The number of rotatable bonds is 6. The van der Waals surface area contributed by atoms with Crippen molar-refractivity contribution in [3.8, 4) is 16.9 Å². The molecule has 0 spiro atoms. The van der Waals surface area contributed by atoms with Gasteiger partial charge in [0.25, 0.3) is 0 Å². The third-order valence-electron chi connectivity index (χ3n) is 6.73. The third kappa shape index (κ3) is 5.52. The maximum Gasteiger partial charge on any atom is 0.246 e. The van der Waals surface area contributed by atoms with Gasteiger partial charge in [0.05, 0.1) is 17.9 Å². The summed E-state index contributed by atoms with van der Waals surface area (Å²) in [4.78, 5) is 22.0. The van der Waals surface area contributed by atoms with Crippen molar-refractivity contribution in [1.29, 1.82) is 0 Å².